The van der Waals surface area contributed by atoms with Crippen LogP contribution < -0.4 is 0 Å². The summed E-state index contributed by atoms with van der Waals surface area (Å²) in [6, 6.07) is -0.0506. The van der Waals surface area contributed by atoms with Crippen LogP contribution in [-0.2, 0) is 23.8 Å². The molecular formula is C18H23NO6. The fourth-order valence-corrected chi connectivity index (χ4v) is 4.06. The summed E-state index contributed by atoms with van der Waals surface area (Å²) in [5.41, 5.74) is -1.62. The second kappa shape index (κ2) is 5.65. The molecule has 3 fully saturated rings. The zero-order valence-electron chi connectivity index (χ0n) is 14.5. The lowest BCUT2D eigenvalue weighted by molar-refractivity contribution is -0.171. The Morgan fingerprint density at radius 2 is 2.16 bits per heavy atom. The molecular weight excluding hydrogens is 326 g/mol. The number of esters is 2. The highest BCUT2D eigenvalue weighted by atomic mass is 16.6. The first-order valence-corrected chi connectivity index (χ1v) is 8.71. The highest BCUT2D eigenvalue weighted by Gasteiger charge is 2.64. The van der Waals surface area contributed by atoms with Gasteiger partial charge in [0.05, 0.1) is 12.6 Å². The van der Waals surface area contributed by atoms with Crippen LogP contribution in [-0.4, -0.2) is 71.6 Å². The van der Waals surface area contributed by atoms with Gasteiger partial charge in [0.15, 0.2) is 5.60 Å². The van der Waals surface area contributed by atoms with Crippen LogP contribution in [0.4, 0.5) is 0 Å². The van der Waals surface area contributed by atoms with E-state index < -0.39 is 23.1 Å². The van der Waals surface area contributed by atoms with Crippen LogP contribution in [0.2, 0.25) is 0 Å². The Kier molecular flexibility index (Phi) is 3.79. The van der Waals surface area contributed by atoms with E-state index in [1.165, 1.54) is 6.92 Å². The molecule has 0 aromatic heterocycles. The summed E-state index contributed by atoms with van der Waals surface area (Å²) < 4.78 is 16.6. The van der Waals surface area contributed by atoms with Gasteiger partial charge in [-0.3, -0.25) is 4.90 Å². The Bertz CT molecular complexity index is 675. The van der Waals surface area contributed by atoms with Gasteiger partial charge in [-0.25, -0.2) is 9.59 Å². The van der Waals surface area contributed by atoms with Crippen LogP contribution in [0.5, 0.6) is 0 Å². The van der Waals surface area contributed by atoms with Crippen LogP contribution in [0.1, 0.15) is 26.7 Å². The smallest absolute Gasteiger partial charge is 0.341 e. The first kappa shape index (κ1) is 16.8. The van der Waals surface area contributed by atoms with Gasteiger partial charge >= 0.3 is 11.9 Å². The van der Waals surface area contributed by atoms with Gasteiger partial charge in [0, 0.05) is 25.1 Å². The Hall–Kier alpha value is -1.70. The Morgan fingerprint density at radius 3 is 2.84 bits per heavy atom. The van der Waals surface area contributed by atoms with E-state index in [0.717, 1.165) is 25.1 Å². The number of carbonyl (C=O) groups excluding carboxylic acids is 2. The third-order valence-corrected chi connectivity index (χ3v) is 5.91. The summed E-state index contributed by atoms with van der Waals surface area (Å²) in [6.45, 7) is 5.02. The number of carbonyl (C=O) groups is 2. The molecule has 0 aliphatic carbocycles. The minimum Gasteiger partial charge on any atom is -0.459 e. The van der Waals surface area contributed by atoms with Crippen LogP contribution in [0.25, 0.3) is 0 Å². The van der Waals surface area contributed by atoms with Crippen molar-refractivity contribution in [2.24, 2.45) is 0 Å². The predicted molar refractivity (Wildman–Crippen MR) is 86.6 cm³/mol. The molecule has 0 aromatic rings. The highest BCUT2D eigenvalue weighted by molar-refractivity contribution is 5.90. The summed E-state index contributed by atoms with van der Waals surface area (Å²) in [6.07, 6.45) is 4.31. The summed E-state index contributed by atoms with van der Waals surface area (Å²) in [4.78, 5) is 27.4. The number of rotatable bonds is 0. The molecule has 4 aliphatic rings. The molecule has 1 spiro atoms. The van der Waals surface area contributed by atoms with Crippen molar-refractivity contribution in [3.05, 3.63) is 23.3 Å². The summed E-state index contributed by atoms with van der Waals surface area (Å²) in [5, 5.41) is 10.8. The molecule has 3 saturated heterocycles. The van der Waals surface area contributed by atoms with Crippen molar-refractivity contribution in [3.8, 4) is 0 Å². The average molecular weight is 349 g/mol. The number of allylic oxidation sites excluding steroid dienone is 1. The lowest BCUT2D eigenvalue weighted by atomic mass is 9.84. The number of hydrogen-bond acceptors (Lipinski definition) is 7. The van der Waals surface area contributed by atoms with Crippen LogP contribution in [0, 0.1) is 0 Å². The number of hydrogen-bond donors (Lipinski definition) is 1. The summed E-state index contributed by atoms with van der Waals surface area (Å²) in [7, 11) is 0. The largest absolute Gasteiger partial charge is 0.459 e. The molecule has 4 heterocycles. The second-order valence-electron chi connectivity index (χ2n) is 7.37. The van der Waals surface area contributed by atoms with Crippen molar-refractivity contribution >= 4 is 11.9 Å². The molecule has 7 nitrogen and oxygen atoms in total. The SMILES string of the molecule is C/C=C1\C[C@]2(CO2)[C@@](C)(O)C(=O)OCC2=CCN3CC[C@@H](OC1=O)[C@@H]23. The quantitative estimate of drug-likeness (QED) is 0.292. The van der Waals surface area contributed by atoms with Gasteiger partial charge in [-0.1, -0.05) is 12.2 Å². The molecule has 25 heavy (non-hydrogen) atoms. The molecule has 1 N–H and O–H groups in total. The van der Waals surface area contributed by atoms with Crippen LogP contribution in [0.3, 0.4) is 0 Å². The molecule has 7 heteroatoms. The maximum absolute atomic E-state index is 12.7. The molecule has 4 atom stereocenters. The van der Waals surface area contributed by atoms with E-state index in [2.05, 4.69) is 4.90 Å². The van der Waals surface area contributed by atoms with Crippen molar-refractivity contribution in [2.75, 3.05) is 26.3 Å². The van der Waals surface area contributed by atoms with Crippen molar-refractivity contribution in [3.63, 3.8) is 0 Å². The normalized spacial score (nSPS) is 43.2. The predicted octanol–water partition coefficient (Wildman–Crippen LogP) is 0.326. The first-order valence-electron chi connectivity index (χ1n) is 8.71. The second-order valence-corrected chi connectivity index (χ2v) is 7.37. The van der Waals surface area contributed by atoms with E-state index in [1.807, 2.05) is 6.08 Å². The third-order valence-electron chi connectivity index (χ3n) is 5.91. The van der Waals surface area contributed by atoms with Gasteiger partial charge in [-0.2, -0.15) is 0 Å². The minimum absolute atomic E-state index is 0.0506. The first-order chi connectivity index (χ1) is 11.9. The van der Waals surface area contributed by atoms with E-state index in [4.69, 9.17) is 14.2 Å². The zero-order chi connectivity index (χ0) is 17.8. The summed E-state index contributed by atoms with van der Waals surface area (Å²) in [5.74, 6) is -1.12. The number of ether oxygens (including phenoxy) is 3. The maximum Gasteiger partial charge on any atom is 0.341 e. The lowest BCUT2D eigenvalue weighted by Crippen LogP contribution is -2.52. The van der Waals surface area contributed by atoms with Crippen LogP contribution >= 0.6 is 0 Å². The Balaban J connectivity index is 1.68. The molecule has 0 unspecified atom stereocenters. The van der Waals surface area contributed by atoms with Crippen molar-refractivity contribution < 1.29 is 28.9 Å². The zero-order valence-corrected chi connectivity index (χ0v) is 14.5. The van der Waals surface area contributed by atoms with Crippen molar-refractivity contribution in [2.45, 2.75) is 50.0 Å². The molecule has 4 aliphatic heterocycles. The monoisotopic (exact) mass is 349 g/mol. The number of aliphatic hydroxyl groups is 1. The van der Waals surface area contributed by atoms with E-state index in [-0.39, 0.29) is 31.8 Å². The molecule has 0 bridgehead atoms. The van der Waals surface area contributed by atoms with E-state index in [0.29, 0.717) is 5.57 Å². The standard InChI is InChI=1S/C18H23NO6/c1-3-11-8-18(10-24-18)17(2,22)16(21)23-9-12-4-6-19-7-5-13(14(12)19)25-15(11)20/h3-4,13-14,22H,5-10H2,1-2H3/b11-3+/t13-,14-,17+,18+/m1/s1. The molecule has 0 amide bonds. The van der Waals surface area contributed by atoms with Gasteiger partial charge in [0.1, 0.15) is 18.3 Å². The molecule has 0 radical (unpaired) electrons. The van der Waals surface area contributed by atoms with E-state index in [1.54, 1.807) is 13.0 Å². The highest BCUT2D eigenvalue weighted by Crippen LogP contribution is 2.45. The van der Waals surface area contributed by atoms with Gasteiger partial charge in [-0.05, 0) is 25.8 Å². The number of nitrogens with zero attached hydrogens (tertiary/aromatic N) is 1. The number of cyclic esters (lactones) is 1. The lowest BCUT2D eigenvalue weighted by Gasteiger charge is -2.31. The van der Waals surface area contributed by atoms with Crippen molar-refractivity contribution in [1.29, 1.82) is 0 Å². The van der Waals surface area contributed by atoms with Crippen LogP contribution in [0.15, 0.2) is 23.3 Å². The molecule has 0 saturated carbocycles. The van der Waals surface area contributed by atoms with E-state index >= 15 is 0 Å². The number of epoxide rings is 1. The van der Waals surface area contributed by atoms with E-state index in [9.17, 15) is 14.7 Å². The van der Waals surface area contributed by atoms with Gasteiger partial charge < -0.3 is 19.3 Å². The fourth-order valence-electron chi connectivity index (χ4n) is 4.06. The molecule has 136 valence electrons. The molecule has 4 rings (SSSR count). The van der Waals surface area contributed by atoms with Gasteiger partial charge in [-0.15, -0.1) is 0 Å². The Morgan fingerprint density at radius 1 is 1.40 bits per heavy atom. The summed E-state index contributed by atoms with van der Waals surface area (Å²) >= 11 is 0. The topological polar surface area (TPSA) is 88.6 Å². The minimum atomic E-state index is -1.82. The maximum atomic E-state index is 12.7. The van der Waals surface area contributed by atoms with Crippen molar-refractivity contribution in [1.82, 2.24) is 4.90 Å². The third kappa shape index (κ3) is 2.53. The van der Waals surface area contributed by atoms with Gasteiger partial charge in [0.2, 0.25) is 0 Å². The van der Waals surface area contributed by atoms with Gasteiger partial charge in [0.25, 0.3) is 0 Å². The average Bonchev–Trinajstić information content (AvgIpc) is 3.12. The fraction of sp³-hybridized carbons (Fsp3) is 0.667. The molecule has 0 aromatic carbocycles. The Labute approximate surface area is 146 Å².